The summed E-state index contributed by atoms with van der Waals surface area (Å²) < 4.78 is 52.5. The monoisotopic (exact) mass is 589 g/mol. The predicted molar refractivity (Wildman–Crippen MR) is 147 cm³/mol. The standard InChI is InChI=1S/C31H26F3N5O4/c32-30(18-38-13-12-36-37-38)15-26(29(42)43-17-20-6-2-1-3-7-20)39(19-30)27(40)16-35-28(41)21-10-11-25-23(14-21)22-8-4-5-9-24(22)31(25,33)34/h1-14,26H,15-19H2,(H,35,41)/t26-,30-/m0/s1. The fourth-order valence-corrected chi connectivity index (χ4v) is 5.63. The third-order valence-electron chi connectivity index (χ3n) is 7.70. The maximum absolute atomic E-state index is 16.0. The summed E-state index contributed by atoms with van der Waals surface area (Å²) in [5, 5.41) is 9.94. The van der Waals surface area contributed by atoms with E-state index < -0.39 is 48.5 Å². The lowest BCUT2D eigenvalue weighted by atomic mass is 10.0. The van der Waals surface area contributed by atoms with Gasteiger partial charge in [-0.2, -0.15) is 8.78 Å². The van der Waals surface area contributed by atoms with E-state index in [1.165, 1.54) is 47.4 Å². The van der Waals surface area contributed by atoms with E-state index in [1.54, 1.807) is 36.4 Å². The molecule has 3 aromatic carbocycles. The summed E-state index contributed by atoms with van der Waals surface area (Å²) in [6.07, 6.45) is 2.53. The van der Waals surface area contributed by atoms with Crippen molar-refractivity contribution in [3.8, 4) is 11.1 Å². The van der Waals surface area contributed by atoms with Gasteiger partial charge in [-0.25, -0.2) is 13.9 Å². The number of amides is 2. The molecule has 0 saturated carbocycles. The summed E-state index contributed by atoms with van der Waals surface area (Å²) in [5.41, 5.74) is -1.00. The van der Waals surface area contributed by atoms with Gasteiger partial charge in [0.05, 0.1) is 25.8 Å². The molecule has 1 aliphatic heterocycles. The molecular weight excluding hydrogens is 563 g/mol. The Labute approximate surface area is 244 Å². The lowest BCUT2D eigenvalue weighted by Gasteiger charge is -2.23. The Hall–Kier alpha value is -5.00. The first-order valence-electron chi connectivity index (χ1n) is 13.6. The van der Waals surface area contributed by atoms with E-state index in [9.17, 15) is 23.2 Å². The van der Waals surface area contributed by atoms with Crippen LogP contribution in [0.1, 0.15) is 33.5 Å². The van der Waals surface area contributed by atoms with Crippen LogP contribution in [0.4, 0.5) is 13.2 Å². The maximum atomic E-state index is 16.0. The largest absolute Gasteiger partial charge is 0.459 e. The molecule has 2 heterocycles. The van der Waals surface area contributed by atoms with Crippen molar-refractivity contribution in [3.63, 3.8) is 0 Å². The van der Waals surface area contributed by atoms with Crippen LogP contribution in [0.3, 0.4) is 0 Å². The summed E-state index contributed by atoms with van der Waals surface area (Å²) in [5.74, 6) is -5.35. The van der Waals surface area contributed by atoms with Crippen molar-refractivity contribution >= 4 is 17.8 Å². The Morgan fingerprint density at radius 3 is 2.47 bits per heavy atom. The molecule has 0 unspecified atom stereocenters. The van der Waals surface area contributed by atoms with Crippen molar-refractivity contribution < 1.29 is 32.3 Å². The summed E-state index contributed by atoms with van der Waals surface area (Å²) >= 11 is 0. The molecule has 1 saturated heterocycles. The van der Waals surface area contributed by atoms with Gasteiger partial charge in [-0.1, -0.05) is 65.9 Å². The highest BCUT2D eigenvalue weighted by Gasteiger charge is 2.50. The molecule has 2 atom stereocenters. The topological polar surface area (TPSA) is 106 Å². The second-order valence-electron chi connectivity index (χ2n) is 10.6. The number of alkyl halides is 3. The van der Waals surface area contributed by atoms with Gasteiger partial charge in [-0.3, -0.25) is 9.59 Å². The summed E-state index contributed by atoms with van der Waals surface area (Å²) in [4.78, 5) is 40.4. The molecule has 0 radical (unpaired) electrons. The van der Waals surface area contributed by atoms with E-state index in [1.807, 2.05) is 6.07 Å². The number of ether oxygens (including phenoxy) is 1. The highest BCUT2D eigenvalue weighted by molar-refractivity contribution is 5.99. The maximum Gasteiger partial charge on any atom is 0.329 e. The average molecular weight is 590 g/mol. The van der Waals surface area contributed by atoms with E-state index in [4.69, 9.17) is 4.74 Å². The molecule has 1 N–H and O–H groups in total. The van der Waals surface area contributed by atoms with Gasteiger partial charge in [0.15, 0.2) is 5.67 Å². The van der Waals surface area contributed by atoms with Gasteiger partial charge in [-0.05, 0) is 28.8 Å². The van der Waals surface area contributed by atoms with Crippen LogP contribution in [0.2, 0.25) is 0 Å². The smallest absolute Gasteiger partial charge is 0.329 e. The molecular formula is C31H26F3N5O4. The molecule has 1 aromatic heterocycles. The zero-order chi connectivity index (χ0) is 30.2. The van der Waals surface area contributed by atoms with Crippen molar-refractivity contribution in [2.45, 2.75) is 37.2 Å². The van der Waals surface area contributed by atoms with Crippen molar-refractivity contribution in [1.82, 2.24) is 25.2 Å². The fraction of sp³-hybridized carbons (Fsp3) is 0.258. The number of esters is 1. The zero-order valence-corrected chi connectivity index (χ0v) is 22.8. The number of hydrogen-bond acceptors (Lipinski definition) is 6. The number of carbonyl (C=O) groups is 3. The quantitative estimate of drug-likeness (QED) is 0.313. The zero-order valence-electron chi connectivity index (χ0n) is 22.8. The number of rotatable bonds is 8. The summed E-state index contributed by atoms with van der Waals surface area (Å²) in [7, 11) is 0. The van der Waals surface area contributed by atoms with E-state index >= 15 is 4.39 Å². The Morgan fingerprint density at radius 2 is 1.70 bits per heavy atom. The van der Waals surface area contributed by atoms with Gasteiger partial charge in [0, 0.05) is 29.3 Å². The molecule has 1 fully saturated rings. The second kappa shape index (κ2) is 11.0. The minimum absolute atomic E-state index is 0.0577. The summed E-state index contributed by atoms with van der Waals surface area (Å²) in [6.45, 7) is -1.29. The third kappa shape index (κ3) is 5.47. The van der Waals surface area contributed by atoms with Gasteiger partial charge in [-0.15, -0.1) is 5.10 Å². The van der Waals surface area contributed by atoms with Crippen molar-refractivity contribution in [2.75, 3.05) is 13.1 Å². The fourth-order valence-electron chi connectivity index (χ4n) is 5.63. The minimum Gasteiger partial charge on any atom is -0.459 e. The Morgan fingerprint density at radius 1 is 0.953 bits per heavy atom. The SMILES string of the molecule is O=C(NCC(=O)N1C[C@@](F)(Cn2ccnn2)C[C@H]1C(=O)OCc1ccccc1)c1ccc2c(c1)-c1ccccc1C2(F)F. The van der Waals surface area contributed by atoms with E-state index in [-0.39, 0.29) is 41.8 Å². The minimum atomic E-state index is -3.19. The molecule has 2 amide bonds. The molecule has 0 spiro atoms. The number of nitrogens with one attached hydrogen (secondary N) is 1. The Kier molecular flexibility index (Phi) is 7.20. The number of hydrogen-bond donors (Lipinski definition) is 1. The number of fused-ring (bicyclic) bond motifs is 3. The normalized spacial score (nSPS) is 19.9. The third-order valence-corrected chi connectivity index (χ3v) is 7.70. The first kappa shape index (κ1) is 28.1. The first-order chi connectivity index (χ1) is 20.6. The van der Waals surface area contributed by atoms with Crippen LogP contribution in [0, 0.1) is 0 Å². The van der Waals surface area contributed by atoms with Crippen molar-refractivity contribution in [1.29, 1.82) is 0 Å². The second-order valence-corrected chi connectivity index (χ2v) is 10.6. The van der Waals surface area contributed by atoms with Crippen LogP contribution in [0.15, 0.2) is 85.2 Å². The number of nitrogens with zero attached hydrogens (tertiary/aromatic N) is 4. The number of carbonyl (C=O) groups excluding carboxylic acids is 3. The van der Waals surface area contributed by atoms with Crippen LogP contribution in [-0.2, 0) is 33.4 Å². The number of likely N-dealkylation sites (tertiary alicyclic amines) is 1. The highest BCUT2D eigenvalue weighted by Crippen LogP contribution is 2.50. The van der Waals surface area contributed by atoms with E-state index in [0.29, 0.717) is 5.56 Å². The van der Waals surface area contributed by atoms with Crippen LogP contribution >= 0.6 is 0 Å². The van der Waals surface area contributed by atoms with Gasteiger partial charge in [0.25, 0.3) is 11.8 Å². The molecule has 4 aromatic rings. The van der Waals surface area contributed by atoms with Crippen LogP contribution < -0.4 is 5.32 Å². The van der Waals surface area contributed by atoms with Crippen LogP contribution in [0.5, 0.6) is 0 Å². The molecule has 9 nitrogen and oxygen atoms in total. The van der Waals surface area contributed by atoms with E-state index in [0.717, 1.165) is 10.5 Å². The molecule has 43 heavy (non-hydrogen) atoms. The van der Waals surface area contributed by atoms with E-state index in [2.05, 4.69) is 15.6 Å². The van der Waals surface area contributed by atoms with Crippen LogP contribution in [-0.4, -0.2) is 62.5 Å². The number of benzene rings is 3. The van der Waals surface area contributed by atoms with Gasteiger partial charge in [0.2, 0.25) is 5.91 Å². The molecule has 2 aliphatic rings. The molecule has 1 aliphatic carbocycles. The first-order valence-corrected chi connectivity index (χ1v) is 13.6. The van der Waals surface area contributed by atoms with Gasteiger partial charge < -0.3 is 15.0 Å². The average Bonchev–Trinajstić information content (AvgIpc) is 3.71. The predicted octanol–water partition coefficient (Wildman–Crippen LogP) is 3.88. The molecule has 12 heteroatoms. The molecule has 6 rings (SSSR count). The number of aromatic nitrogens is 3. The number of halogens is 3. The Balaban J connectivity index is 1.16. The van der Waals surface area contributed by atoms with Crippen LogP contribution in [0.25, 0.3) is 11.1 Å². The van der Waals surface area contributed by atoms with Crippen molar-refractivity contribution in [2.24, 2.45) is 0 Å². The van der Waals surface area contributed by atoms with Gasteiger partial charge >= 0.3 is 5.97 Å². The lowest BCUT2D eigenvalue weighted by Crippen LogP contribution is -2.46. The lowest BCUT2D eigenvalue weighted by molar-refractivity contribution is -0.154. The van der Waals surface area contributed by atoms with Crippen molar-refractivity contribution in [3.05, 3.63) is 107 Å². The Bertz CT molecular complexity index is 1680. The highest BCUT2D eigenvalue weighted by atomic mass is 19.3. The molecule has 220 valence electrons. The van der Waals surface area contributed by atoms with Gasteiger partial charge in [0.1, 0.15) is 12.6 Å². The summed E-state index contributed by atoms with van der Waals surface area (Å²) in [6, 6.07) is 17.6. The molecule has 0 bridgehead atoms.